The van der Waals surface area contributed by atoms with Crippen LogP contribution in [0.3, 0.4) is 0 Å². The summed E-state index contributed by atoms with van der Waals surface area (Å²) in [5.74, 6) is 1.56. The summed E-state index contributed by atoms with van der Waals surface area (Å²) in [6.45, 7) is 11.6. The topological polar surface area (TPSA) is 15.6 Å². The van der Waals surface area contributed by atoms with Gasteiger partial charge in [0.05, 0.1) is 6.34 Å². The van der Waals surface area contributed by atoms with E-state index in [0.29, 0.717) is 5.92 Å². The minimum Gasteiger partial charge on any atom is -0.365 e. The summed E-state index contributed by atoms with van der Waals surface area (Å²) < 4.78 is 0. The van der Waals surface area contributed by atoms with Crippen molar-refractivity contribution in [1.29, 1.82) is 0 Å². The van der Waals surface area contributed by atoms with Crippen molar-refractivity contribution in [3.63, 3.8) is 0 Å². The fourth-order valence-corrected chi connectivity index (χ4v) is 3.27. The van der Waals surface area contributed by atoms with Gasteiger partial charge in [-0.1, -0.05) is 50.3 Å². The van der Waals surface area contributed by atoms with Crippen LogP contribution in [0.1, 0.15) is 37.8 Å². The molecule has 2 nitrogen and oxygen atoms in total. The normalized spacial score (nSPS) is 19.2. The van der Waals surface area contributed by atoms with Crippen LogP contribution in [0.5, 0.6) is 0 Å². The van der Waals surface area contributed by atoms with E-state index >= 15 is 0 Å². The Kier molecular flexibility index (Phi) is 4.87. The third-order valence-electron chi connectivity index (χ3n) is 4.99. The quantitative estimate of drug-likeness (QED) is 0.535. The molecule has 0 amide bonds. The number of nitrogens with zero attached hydrogens (tertiary/aromatic N) is 2. The van der Waals surface area contributed by atoms with Crippen molar-refractivity contribution in [2.75, 3.05) is 13.6 Å². The van der Waals surface area contributed by atoms with Gasteiger partial charge in [-0.15, -0.1) is 0 Å². The molecule has 0 N–H and O–H groups in total. The average Bonchev–Trinajstić information content (AvgIpc) is 3.29. The number of benzene rings is 1. The molecule has 21 heavy (non-hydrogen) atoms. The lowest BCUT2D eigenvalue weighted by Gasteiger charge is -2.39. The van der Waals surface area contributed by atoms with Crippen molar-refractivity contribution < 1.29 is 0 Å². The lowest BCUT2D eigenvalue weighted by molar-refractivity contribution is 0.234. The molecule has 0 spiro atoms. The molecule has 2 atom stereocenters. The monoisotopic (exact) mass is 284 g/mol. The third-order valence-corrected chi connectivity index (χ3v) is 4.99. The summed E-state index contributed by atoms with van der Waals surface area (Å²) in [5, 5.41) is 0. The Morgan fingerprint density at radius 1 is 1.38 bits per heavy atom. The summed E-state index contributed by atoms with van der Waals surface area (Å²) in [7, 11) is 2.10. The fourth-order valence-electron chi connectivity index (χ4n) is 3.27. The molecule has 0 bridgehead atoms. The zero-order chi connectivity index (χ0) is 15.5. The Morgan fingerprint density at radius 3 is 2.52 bits per heavy atom. The lowest BCUT2D eigenvalue weighted by atomic mass is 9.70. The van der Waals surface area contributed by atoms with Gasteiger partial charge in [0.25, 0.3) is 0 Å². The van der Waals surface area contributed by atoms with E-state index in [9.17, 15) is 0 Å². The highest BCUT2D eigenvalue weighted by Gasteiger charge is 2.42. The number of aryl methyl sites for hydroxylation is 1. The highest BCUT2D eigenvalue weighted by Crippen LogP contribution is 2.47. The van der Waals surface area contributed by atoms with Crippen LogP contribution in [0.2, 0.25) is 0 Å². The molecule has 1 saturated carbocycles. The van der Waals surface area contributed by atoms with Gasteiger partial charge >= 0.3 is 0 Å². The van der Waals surface area contributed by atoms with Crippen LogP contribution in [-0.2, 0) is 5.41 Å². The molecule has 1 aromatic carbocycles. The number of rotatable bonds is 7. The molecule has 1 fully saturated rings. The van der Waals surface area contributed by atoms with Gasteiger partial charge in [0, 0.05) is 25.2 Å². The third kappa shape index (κ3) is 3.75. The number of hydrogen-bond acceptors (Lipinski definition) is 1. The van der Waals surface area contributed by atoms with Crippen molar-refractivity contribution in [2.45, 2.75) is 39.0 Å². The average molecular weight is 284 g/mol. The smallest absolute Gasteiger partial charge is 0.0902 e. The summed E-state index contributed by atoms with van der Waals surface area (Å²) in [6, 6.07) is 9.05. The summed E-state index contributed by atoms with van der Waals surface area (Å²) in [4.78, 5) is 6.33. The van der Waals surface area contributed by atoms with Crippen LogP contribution >= 0.6 is 0 Å². The van der Waals surface area contributed by atoms with Crippen molar-refractivity contribution in [2.24, 2.45) is 16.8 Å². The summed E-state index contributed by atoms with van der Waals surface area (Å²) >= 11 is 0. The zero-order valence-corrected chi connectivity index (χ0v) is 13.8. The van der Waals surface area contributed by atoms with Crippen LogP contribution in [0.15, 0.2) is 42.0 Å². The summed E-state index contributed by atoms with van der Waals surface area (Å²) in [5.41, 5.74) is 2.91. The molecule has 0 aromatic heterocycles. The molecule has 2 unspecified atom stereocenters. The number of hydrogen-bond donors (Lipinski definition) is 0. The molecule has 114 valence electrons. The van der Waals surface area contributed by atoms with E-state index in [0.717, 1.165) is 12.5 Å². The fraction of sp³-hybridized carbons (Fsp3) is 0.526. The van der Waals surface area contributed by atoms with Gasteiger partial charge in [0.2, 0.25) is 0 Å². The van der Waals surface area contributed by atoms with Gasteiger partial charge in [0.1, 0.15) is 0 Å². The standard InChI is InChI=1S/C19H28N2/c1-6-20-14-21(5)13-19(4,16(3)17-9-10-17)18-11-7-15(2)8-12-18/h6-8,11-12,14,16-17H,1,9-10,13H2,2-5H3/b20-14-. The van der Waals surface area contributed by atoms with E-state index in [1.165, 1.54) is 24.0 Å². The first kappa shape index (κ1) is 15.8. The molecule has 0 radical (unpaired) electrons. The Bertz CT molecular complexity index is 499. The lowest BCUT2D eigenvalue weighted by Crippen LogP contribution is -2.42. The Hall–Kier alpha value is -1.57. The van der Waals surface area contributed by atoms with Gasteiger partial charge in [-0.05, 0) is 37.2 Å². The van der Waals surface area contributed by atoms with Gasteiger partial charge < -0.3 is 4.90 Å². The van der Waals surface area contributed by atoms with Crippen molar-refractivity contribution >= 4 is 6.34 Å². The molecule has 1 aromatic rings. The largest absolute Gasteiger partial charge is 0.365 e. The second kappa shape index (κ2) is 6.46. The zero-order valence-electron chi connectivity index (χ0n) is 13.8. The highest BCUT2D eigenvalue weighted by atomic mass is 15.1. The van der Waals surface area contributed by atoms with Crippen LogP contribution in [-0.4, -0.2) is 24.8 Å². The molecule has 0 aliphatic heterocycles. The van der Waals surface area contributed by atoms with Crippen LogP contribution in [0.4, 0.5) is 0 Å². The predicted molar refractivity (Wildman–Crippen MR) is 91.7 cm³/mol. The van der Waals surface area contributed by atoms with Gasteiger partial charge in [-0.25, -0.2) is 4.99 Å². The van der Waals surface area contributed by atoms with Crippen LogP contribution in [0, 0.1) is 18.8 Å². The van der Waals surface area contributed by atoms with E-state index in [-0.39, 0.29) is 5.41 Å². The Labute approximate surface area is 129 Å². The second-order valence-corrected chi connectivity index (χ2v) is 6.77. The van der Waals surface area contributed by atoms with Crippen molar-refractivity contribution in [3.8, 4) is 0 Å². The van der Waals surface area contributed by atoms with Gasteiger partial charge in [-0.2, -0.15) is 0 Å². The van der Waals surface area contributed by atoms with E-state index in [4.69, 9.17) is 0 Å². The Morgan fingerprint density at radius 2 is 2.00 bits per heavy atom. The van der Waals surface area contributed by atoms with Crippen molar-refractivity contribution in [3.05, 3.63) is 48.2 Å². The van der Waals surface area contributed by atoms with E-state index in [1.54, 1.807) is 6.20 Å². The maximum atomic E-state index is 4.15. The molecule has 1 aliphatic rings. The van der Waals surface area contributed by atoms with Gasteiger partial charge in [0.15, 0.2) is 0 Å². The van der Waals surface area contributed by atoms with Crippen molar-refractivity contribution in [1.82, 2.24) is 4.90 Å². The molecular weight excluding hydrogens is 256 g/mol. The van der Waals surface area contributed by atoms with Crippen LogP contribution < -0.4 is 0 Å². The highest BCUT2D eigenvalue weighted by molar-refractivity contribution is 5.55. The first-order chi connectivity index (χ1) is 9.97. The minimum atomic E-state index is 0.150. The molecule has 0 saturated heterocycles. The minimum absolute atomic E-state index is 0.150. The molecule has 1 aliphatic carbocycles. The van der Waals surface area contributed by atoms with E-state index in [1.807, 2.05) is 6.34 Å². The predicted octanol–water partition coefficient (Wildman–Crippen LogP) is 4.40. The molecule has 2 rings (SSSR count). The first-order valence-corrected chi connectivity index (χ1v) is 7.89. The van der Waals surface area contributed by atoms with Crippen LogP contribution in [0.25, 0.3) is 0 Å². The number of aliphatic imine (C=N–C) groups is 1. The van der Waals surface area contributed by atoms with Gasteiger partial charge in [-0.3, -0.25) is 0 Å². The molecule has 0 heterocycles. The summed E-state index contributed by atoms with van der Waals surface area (Å²) in [6.07, 6.45) is 6.23. The van der Waals surface area contributed by atoms with E-state index < -0.39 is 0 Å². The first-order valence-electron chi connectivity index (χ1n) is 7.89. The second-order valence-electron chi connectivity index (χ2n) is 6.77. The Balaban J connectivity index is 2.27. The maximum absolute atomic E-state index is 4.15. The maximum Gasteiger partial charge on any atom is 0.0902 e. The molecule has 2 heteroatoms. The molecular formula is C19H28N2. The van der Waals surface area contributed by atoms with E-state index in [2.05, 4.69) is 68.6 Å². The SMILES string of the molecule is C=C/N=C\N(C)CC(C)(c1ccc(C)cc1)C(C)C1CC1. The number of likely N-dealkylation sites (N-methyl/N-ethyl adjacent to an activating group) is 1.